The van der Waals surface area contributed by atoms with Gasteiger partial charge in [-0.15, -0.1) is 0 Å². The summed E-state index contributed by atoms with van der Waals surface area (Å²) >= 11 is 0. The van der Waals surface area contributed by atoms with E-state index >= 15 is 0 Å². The van der Waals surface area contributed by atoms with Gasteiger partial charge in [-0.3, -0.25) is 13.8 Å². The molecule has 10 aromatic rings. The highest BCUT2D eigenvalue weighted by molar-refractivity contribution is 6.16. The molecule has 6 heteroatoms. The van der Waals surface area contributed by atoms with Crippen molar-refractivity contribution in [2.45, 2.75) is 0 Å². The second-order valence-corrected chi connectivity index (χ2v) is 11.8. The second-order valence-electron chi connectivity index (χ2n) is 11.8. The van der Waals surface area contributed by atoms with Crippen LogP contribution in [0.25, 0.3) is 76.9 Å². The molecule has 0 spiro atoms. The van der Waals surface area contributed by atoms with Crippen LogP contribution in [0.3, 0.4) is 0 Å². The fraction of sp³-hybridized carbons (Fsp3) is 0. The standard InChI is InChI=1S/C41H25N5O/c1-3-7-26(8-4-1)28-21-34(27-9-5-2-6-10-27)39-35(22-28)32-14-12-30(24-37(32)41-44-18-20-46(39)41)47-29-11-13-31-33-15-16-42-25-38(33)45-19-17-43-40(45)36(31)23-29/h1-25H. The molecule has 5 heterocycles. The molecule has 0 fully saturated rings. The first-order valence-corrected chi connectivity index (χ1v) is 15.6. The lowest BCUT2D eigenvalue weighted by molar-refractivity contribution is 0.484. The lowest BCUT2D eigenvalue weighted by atomic mass is 9.93. The highest BCUT2D eigenvalue weighted by Gasteiger charge is 2.17. The largest absolute Gasteiger partial charge is 0.457 e. The Labute approximate surface area is 268 Å². The Kier molecular flexibility index (Phi) is 5.48. The zero-order valence-corrected chi connectivity index (χ0v) is 25.1. The third-order valence-corrected chi connectivity index (χ3v) is 9.16. The Morgan fingerprint density at radius 1 is 0.468 bits per heavy atom. The molecule has 0 bridgehead atoms. The number of hydrogen-bond donors (Lipinski definition) is 0. The summed E-state index contributed by atoms with van der Waals surface area (Å²) in [4.78, 5) is 13.9. The van der Waals surface area contributed by atoms with E-state index in [1.165, 1.54) is 11.1 Å². The maximum atomic E-state index is 6.57. The molecule has 0 N–H and O–H groups in total. The van der Waals surface area contributed by atoms with Gasteiger partial charge in [0.1, 0.15) is 22.8 Å². The predicted octanol–water partition coefficient (Wildman–Crippen LogP) is 10.1. The minimum atomic E-state index is 0.743. The Morgan fingerprint density at radius 3 is 1.83 bits per heavy atom. The molecule has 220 valence electrons. The molecule has 6 nitrogen and oxygen atoms in total. The Bertz CT molecular complexity index is 2820. The van der Waals surface area contributed by atoms with Crippen LogP contribution >= 0.6 is 0 Å². The van der Waals surface area contributed by atoms with Crippen LogP contribution in [0.15, 0.2) is 152 Å². The summed E-state index contributed by atoms with van der Waals surface area (Å²) in [5, 5.41) is 6.57. The van der Waals surface area contributed by atoms with Crippen LogP contribution in [0.5, 0.6) is 11.5 Å². The molecule has 0 unspecified atom stereocenters. The van der Waals surface area contributed by atoms with E-state index < -0.39 is 0 Å². The van der Waals surface area contributed by atoms with Gasteiger partial charge in [0, 0.05) is 58.1 Å². The molecule has 0 saturated heterocycles. The minimum absolute atomic E-state index is 0.743. The number of rotatable bonds is 4. The highest BCUT2D eigenvalue weighted by Crippen LogP contribution is 2.40. The number of nitrogens with zero attached hydrogens (tertiary/aromatic N) is 5. The van der Waals surface area contributed by atoms with Crippen LogP contribution in [0, 0.1) is 0 Å². The Morgan fingerprint density at radius 2 is 1.11 bits per heavy atom. The van der Waals surface area contributed by atoms with Gasteiger partial charge < -0.3 is 4.74 Å². The van der Waals surface area contributed by atoms with E-state index in [0.717, 1.165) is 77.3 Å². The molecule has 0 aliphatic rings. The van der Waals surface area contributed by atoms with Crippen molar-refractivity contribution >= 4 is 54.6 Å². The van der Waals surface area contributed by atoms with Crippen LogP contribution in [-0.4, -0.2) is 23.8 Å². The van der Waals surface area contributed by atoms with Crippen LogP contribution in [0.4, 0.5) is 0 Å². The van der Waals surface area contributed by atoms with Crippen molar-refractivity contribution in [3.8, 4) is 33.8 Å². The molecular formula is C41H25N5O. The lowest BCUT2D eigenvalue weighted by Crippen LogP contribution is -1.96. The van der Waals surface area contributed by atoms with Gasteiger partial charge in [0.15, 0.2) is 0 Å². The maximum absolute atomic E-state index is 6.57. The molecule has 0 aliphatic carbocycles. The maximum Gasteiger partial charge on any atom is 0.145 e. The monoisotopic (exact) mass is 603 g/mol. The molecule has 10 rings (SSSR count). The summed E-state index contributed by atoms with van der Waals surface area (Å²) in [6, 6.07) is 40.4. The number of fused-ring (bicyclic) bond motifs is 12. The topological polar surface area (TPSA) is 56.7 Å². The zero-order chi connectivity index (χ0) is 30.9. The summed E-state index contributed by atoms with van der Waals surface area (Å²) < 4.78 is 10.9. The van der Waals surface area contributed by atoms with E-state index in [1.54, 1.807) is 0 Å². The van der Waals surface area contributed by atoms with E-state index in [-0.39, 0.29) is 0 Å². The molecule has 47 heavy (non-hydrogen) atoms. The average Bonchev–Trinajstić information content (AvgIpc) is 3.84. The van der Waals surface area contributed by atoms with Gasteiger partial charge in [-0.05, 0) is 82.1 Å². The summed E-state index contributed by atoms with van der Waals surface area (Å²) in [6.45, 7) is 0. The van der Waals surface area contributed by atoms with Gasteiger partial charge in [-0.2, -0.15) is 0 Å². The summed E-state index contributed by atoms with van der Waals surface area (Å²) in [5.41, 5.74) is 8.59. The van der Waals surface area contributed by atoms with E-state index in [4.69, 9.17) is 9.72 Å². The minimum Gasteiger partial charge on any atom is -0.457 e. The molecule has 0 saturated carbocycles. The van der Waals surface area contributed by atoms with Crippen LogP contribution in [-0.2, 0) is 0 Å². The number of ether oxygens (including phenoxy) is 1. The number of benzene rings is 5. The fourth-order valence-electron chi connectivity index (χ4n) is 7.07. The SMILES string of the molecule is c1ccc(-c2cc(-c3ccccc3)c3c(c2)c2ccc(Oc4ccc5c6ccncc6n6ccnc6c5c4)cc2c2nccn23)cc1. The van der Waals surface area contributed by atoms with Crippen LogP contribution < -0.4 is 4.74 Å². The number of hydrogen-bond acceptors (Lipinski definition) is 4. The van der Waals surface area contributed by atoms with Gasteiger partial charge in [0.2, 0.25) is 0 Å². The van der Waals surface area contributed by atoms with Gasteiger partial charge in [-0.25, -0.2) is 9.97 Å². The molecule has 0 radical (unpaired) electrons. The third-order valence-electron chi connectivity index (χ3n) is 9.16. The number of pyridine rings is 3. The van der Waals surface area contributed by atoms with Gasteiger partial charge in [-0.1, -0.05) is 60.7 Å². The Balaban J connectivity index is 1.17. The van der Waals surface area contributed by atoms with E-state index in [0.29, 0.717) is 0 Å². The molecule has 0 aliphatic heterocycles. The summed E-state index contributed by atoms with van der Waals surface area (Å²) in [7, 11) is 0. The zero-order valence-electron chi connectivity index (χ0n) is 25.1. The molecule has 0 amide bonds. The highest BCUT2D eigenvalue weighted by atomic mass is 16.5. The average molecular weight is 604 g/mol. The van der Waals surface area contributed by atoms with Gasteiger partial charge >= 0.3 is 0 Å². The summed E-state index contributed by atoms with van der Waals surface area (Å²) in [6.07, 6.45) is 11.4. The van der Waals surface area contributed by atoms with Crippen LogP contribution in [0.2, 0.25) is 0 Å². The molecule has 5 aromatic carbocycles. The fourth-order valence-corrected chi connectivity index (χ4v) is 7.07. The number of aromatic nitrogens is 5. The number of imidazole rings is 2. The van der Waals surface area contributed by atoms with Gasteiger partial charge in [0.25, 0.3) is 0 Å². The van der Waals surface area contributed by atoms with Crippen molar-refractivity contribution in [1.82, 2.24) is 23.8 Å². The van der Waals surface area contributed by atoms with Crippen LogP contribution in [0.1, 0.15) is 0 Å². The first-order valence-electron chi connectivity index (χ1n) is 15.6. The first-order chi connectivity index (χ1) is 23.3. The second kappa shape index (κ2) is 9.99. The Hall–Kier alpha value is -6.53. The van der Waals surface area contributed by atoms with Crippen molar-refractivity contribution in [1.29, 1.82) is 0 Å². The van der Waals surface area contributed by atoms with Crippen molar-refractivity contribution < 1.29 is 4.74 Å². The summed E-state index contributed by atoms with van der Waals surface area (Å²) in [5.74, 6) is 1.49. The lowest BCUT2D eigenvalue weighted by Gasteiger charge is -2.16. The third kappa shape index (κ3) is 3.95. The molecule has 5 aromatic heterocycles. The quantitative estimate of drug-likeness (QED) is 0.188. The normalized spacial score (nSPS) is 11.8. The first kappa shape index (κ1) is 25.8. The molecular weight excluding hydrogens is 578 g/mol. The smallest absolute Gasteiger partial charge is 0.145 e. The van der Waals surface area contributed by atoms with Crippen molar-refractivity contribution in [3.63, 3.8) is 0 Å². The predicted molar refractivity (Wildman–Crippen MR) is 189 cm³/mol. The van der Waals surface area contributed by atoms with Gasteiger partial charge in [0.05, 0.1) is 17.2 Å². The van der Waals surface area contributed by atoms with Crippen molar-refractivity contribution in [2.24, 2.45) is 0 Å². The van der Waals surface area contributed by atoms with Crippen molar-refractivity contribution in [3.05, 3.63) is 152 Å². The van der Waals surface area contributed by atoms with E-state index in [1.807, 2.05) is 43.1 Å². The van der Waals surface area contributed by atoms with E-state index in [2.05, 4.69) is 128 Å². The van der Waals surface area contributed by atoms with E-state index in [9.17, 15) is 0 Å². The van der Waals surface area contributed by atoms with Crippen molar-refractivity contribution in [2.75, 3.05) is 0 Å². The molecule has 0 atom stereocenters.